The number of carbonyl (C=O) groups excluding carboxylic acids is 2. The highest BCUT2D eigenvalue weighted by atomic mass is 79.9. The number of halogens is 2. The summed E-state index contributed by atoms with van der Waals surface area (Å²) in [6.45, 7) is 6.37. The molecule has 0 saturated carbocycles. The van der Waals surface area contributed by atoms with Gasteiger partial charge in [-0.05, 0) is 63.3 Å². The third-order valence-corrected chi connectivity index (χ3v) is 6.33. The number of hydrogen-bond acceptors (Lipinski definition) is 3. The highest BCUT2D eigenvalue weighted by Crippen LogP contribution is 2.33. The fraction of sp³-hybridized carbons (Fsp3) is 0.308. The molecule has 3 rings (SSSR count). The van der Waals surface area contributed by atoms with Crippen LogP contribution in [0.3, 0.4) is 0 Å². The minimum atomic E-state index is -0.668. The van der Waals surface area contributed by atoms with Gasteiger partial charge in [0, 0.05) is 18.1 Å². The summed E-state index contributed by atoms with van der Waals surface area (Å²) in [7, 11) is 0. The standard InChI is InChI=1S/C26H28BrClN2O3/c1-17(2)14-29-26(32)18(3)30(15-19-7-6-9-21(28)13-19)24(31)16-33-23-12-11-20-8-4-5-10-22(20)25(23)27/h4-13,17-18H,14-16H2,1-3H3,(H,29,32). The van der Waals surface area contributed by atoms with E-state index in [2.05, 4.69) is 21.2 Å². The van der Waals surface area contributed by atoms with Gasteiger partial charge in [0.25, 0.3) is 5.91 Å². The summed E-state index contributed by atoms with van der Waals surface area (Å²) >= 11 is 9.72. The molecular formula is C26H28BrClN2O3. The van der Waals surface area contributed by atoms with Gasteiger partial charge >= 0.3 is 0 Å². The molecular weight excluding hydrogens is 504 g/mol. The maximum Gasteiger partial charge on any atom is 0.261 e. The zero-order valence-electron chi connectivity index (χ0n) is 19.0. The number of rotatable bonds is 9. The first-order chi connectivity index (χ1) is 15.8. The molecule has 7 heteroatoms. The van der Waals surface area contributed by atoms with Crippen LogP contribution in [0.2, 0.25) is 5.02 Å². The van der Waals surface area contributed by atoms with Crippen molar-refractivity contribution in [2.45, 2.75) is 33.4 Å². The van der Waals surface area contributed by atoms with E-state index >= 15 is 0 Å². The predicted molar refractivity (Wildman–Crippen MR) is 136 cm³/mol. The molecule has 3 aromatic carbocycles. The lowest BCUT2D eigenvalue weighted by Gasteiger charge is -2.29. The molecule has 0 aliphatic rings. The van der Waals surface area contributed by atoms with Crippen molar-refractivity contribution in [1.82, 2.24) is 10.2 Å². The lowest BCUT2D eigenvalue weighted by Crippen LogP contribution is -2.49. The maximum absolute atomic E-state index is 13.2. The largest absolute Gasteiger partial charge is 0.483 e. The van der Waals surface area contributed by atoms with Gasteiger partial charge in [-0.15, -0.1) is 0 Å². The average molecular weight is 532 g/mol. The fourth-order valence-electron chi connectivity index (χ4n) is 3.41. The highest BCUT2D eigenvalue weighted by molar-refractivity contribution is 9.10. The number of amides is 2. The Balaban J connectivity index is 1.78. The highest BCUT2D eigenvalue weighted by Gasteiger charge is 2.27. The molecule has 0 spiro atoms. The van der Waals surface area contributed by atoms with Crippen molar-refractivity contribution in [3.8, 4) is 5.75 Å². The minimum Gasteiger partial charge on any atom is -0.483 e. The lowest BCUT2D eigenvalue weighted by atomic mass is 10.1. The van der Waals surface area contributed by atoms with Gasteiger partial charge in [-0.25, -0.2) is 0 Å². The molecule has 1 unspecified atom stereocenters. The number of hydrogen-bond donors (Lipinski definition) is 1. The van der Waals surface area contributed by atoms with Gasteiger partial charge in [-0.1, -0.05) is 67.9 Å². The van der Waals surface area contributed by atoms with Crippen LogP contribution < -0.4 is 10.1 Å². The molecule has 0 aliphatic heterocycles. The van der Waals surface area contributed by atoms with E-state index in [0.29, 0.717) is 23.2 Å². The van der Waals surface area contributed by atoms with Crippen molar-refractivity contribution < 1.29 is 14.3 Å². The van der Waals surface area contributed by atoms with Crippen LogP contribution in [-0.2, 0) is 16.1 Å². The average Bonchev–Trinajstić information content (AvgIpc) is 2.80. The molecule has 0 heterocycles. The third kappa shape index (κ3) is 6.71. The number of fused-ring (bicyclic) bond motifs is 1. The smallest absolute Gasteiger partial charge is 0.261 e. The molecule has 174 valence electrons. The molecule has 2 amide bonds. The molecule has 0 aliphatic carbocycles. The summed E-state index contributed by atoms with van der Waals surface area (Å²) in [6.07, 6.45) is 0. The van der Waals surface area contributed by atoms with E-state index in [1.54, 1.807) is 19.1 Å². The van der Waals surface area contributed by atoms with E-state index < -0.39 is 6.04 Å². The fourth-order valence-corrected chi connectivity index (χ4v) is 4.24. The zero-order valence-corrected chi connectivity index (χ0v) is 21.3. The monoisotopic (exact) mass is 530 g/mol. The van der Waals surface area contributed by atoms with Crippen molar-refractivity contribution in [3.63, 3.8) is 0 Å². The van der Waals surface area contributed by atoms with Gasteiger partial charge in [-0.3, -0.25) is 9.59 Å². The Hall–Kier alpha value is -2.57. The van der Waals surface area contributed by atoms with Gasteiger partial charge in [0.15, 0.2) is 6.61 Å². The van der Waals surface area contributed by atoms with E-state index in [1.807, 2.05) is 62.4 Å². The Kier molecular flexibility index (Phi) is 8.75. The first-order valence-corrected chi connectivity index (χ1v) is 12.0. The Morgan fingerprint density at radius 2 is 1.82 bits per heavy atom. The molecule has 1 atom stereocenters. The predicted octanol–water partition coefficient (Wildman–Crippen LogP) is 5.82. The van der Waals surface area contributed by atoms with E-state index in [4.69, 9.17) is 16.3 Å². The SMILES string of the molecule is CC(C)CNC(=O)C(C)N(Cc1cccc(Cl)c1)C(=O)COc1ccc2ccccc2c1Br. The topological polar surface area (TPSA) is 58.6 Å². The van der Waals surface area contributed by atoms with Gasteiger partial charge in [0.05, 0.1) is 4.47 Å². The molecule has 1 N–H and O–H groups in total. The summed E-state index contributed by atoms with van der Waals surface area (Å²) in [5, 5.41) is 5.56. The summed E-state index contributed by atoms with van der Waals surface area (Å²) < 4.78 is 6.67. The van der Waals surface area contributed by atoms with E-state index in [-0.39, 0.29) is 25.0 Å². The van der Waals surface area contributed by atoms with Crippen molar-refractivity contribution in [3.05, 3.63) is 75.7 Å². The maximum atomic E-state index is 13.2. The molecule has 0 bridgehead atoms. The first-order valence-electron chi connectivity index (χ1n) is 10.9. The normalized spacial score (nSPS) is 11.9. The second-order valence-corrected chi connectivity index (χ2v) is 9.58. The molecule has 0 fully saturated rings. The molecule has 0 aromatic heterocycles. The van der Waals surface area contributed by atoms with Crippen LogP contribution >= 0.6 is 27.5 Å². The molecule has 0 radical (unpaired) electrons. The first kappa shape index (κ1) is 25.1. The van der Waals surface area contributed by atoms with Crippen LogP contribution in [0.15, 0.2) is 65.1 Å². The molecule has 0 saturated heterocycles. The lowest BCUT2D eigenvalue weighted by molar-refractivity contribution is -0.142. The Morgan fingerprint density at radius 1 is 1.06 bits per heavy atom. The van der Waals surface area contributed by atoms with E-state index in [0.717, 1.165) is 20.8 Å². The minimum absolute atomic E-state index is 0.195. The van der Waals surface area contributed by atoms with Gasteiger partial charge < -0.3 is 15.0 Å². The van der Waals surface area contributed by atoms with Crippen molar-refractivity contribution in [2.75, 3.05) is 13.2 Å². The van der Waals surface area contributed by atoms with Crippen molar-refractivity contribution in [2.24, 2.45) is 5.92 Å². The number of nitrogens with zero attached hydrogens (tertiary/aromatic N) is 1. The summed E-state index contributed by atoms with van der Waals surface area (Å²) in [4.78, 5) is 27.5. The third-order valence-electron chi connectivity index (χ3n) is 5.27. The summed E-state index contributed by atoms with van der Waals surface area (Å²) in [6, 6.07) is 18.3. The second-order valence-electron chi connectivity index (χ2n) is 8.35. The van der Waals surface area contributed by atoms with Crippen molar-refractivity contribution in [1.29, 1.82) is 0 Å². The molecule has 33 heavy (non-hydrogen) atoms. The van der Waals surface area contributed by atoms with Gasteiger partial charge in [0.2, 0.25) is 5.91 Å². The van der Waals surface area contributed by atoms with Gasteiger partial charge in [-0.2, -0.15) is 0 Å². The second kappa shape index (κ2) is 11.5. The zero-order chi connectivity index (χ0) is 24.0. The van der Waals surface area contributed by atoms with Crippen LogP contribution in [-0.4, -0.2) is 35.9 Å². The number of benzene rings is 3. The van der Waals surface area contributed by atoms with E-state index in [9.17, 15) is 9.59 Å². The van der Waals surface area contributed by atoms with Crippen molar-refractivity contribution >= 4 is 50.1 Å². The Morgan fingerprint density at radius 3 is 2.55 bits per heavy atom. The number of carbonyl (C=O) groups is 2. The number of nitrogens with one attached hydrogen (secondary N) is 1. The Labute approximate surface area is 208 Å². The quantitative estimate of drug-likeness (QED) is 0.378. The van der Waals surface area contributed by atoms with E-state index in [1.165, 1.54) is 4.90 Å². The van der Waals surface area contributed by atoms with Crippen LogP contribution in [0, 0.1) is 5.92 Å². The summed E-state index contributed by atoms with van der Waals surface area (Å²) in [5.41, 5.74) is 0.839. The number of ether oxygens (including phenoxy) is 1. The Bertz CT molecular complexity index is 1140. The van der Waals surface area contributed by atoms with Crippen LogP contribution in [0.4, 0.5) is 0 Å². The van der Waals surface area contributed by atoms with Gasteiger partial charge in [0.1, 0.15) is 11.8 Å². The van der Waals surface area contributed by atoms with Crippen LogP contribution in [0.1, 0.15) is 26.3 Å². The molecule has 5 nitrogen and oxygen atoms in total. The molecule has 3 aromatic rings. The van der Waals surface area contributed by atoms with Crippen LogP contribution in [0.5, 0.6) is 5.75 Å². The summed E-state index contributed by atoms with van der Waals surface area (Å²) in [5.74, 6) is 0.390. The van der Waals surface area contributed by atoms with Crippen LogP contribution in [0.25, 0.3) is 10.8 Å².